The number of imide groups is 1. The number of amides is 5. The molecule has 1 aromatic rings. The fourth-order valence-corrected chi connectivity index (χ4v) is 3.68. The molecule has 8 nitrogen and oxygen atoms in total. The first kappa shape index (κ1) is 20.8. The number of benzene rings is 1. The number of nitrogens with zero attached hydrogens (tertiary/aromatic N) is 2. The third-order valence-corrected chi connectivity index (χ3v) is 5.85. The normalized spacial score (nSPS) is 17.8. The van der Waals surface area contributed by atoms with Gasteiger partial charge in [-0.25, -0.2) is 4.79 Å². The van der Waals surface area contributed by atoms with Crippen LogP contribution in [0.25, 0.3) is 0 Å². The van der Waals surface area contributed by atoms with Gasteiger partial charge < -0.3 is 15.5 Å². The summed E-state index contributed by atoms with van der Waals surface area (Å²) < 4.78 is 0. The SMILES string of the molecule is CCC1(CC)NC(=O)N(CC(=O)N(Cc2ccc(C(=O)NC)cc2)C2CC2)C1=O. The highest BCUT2D eigenvalue weighted by atomic mass is 16.2. The van der Waals surface area contributed by atoms with Crippen LogP contribution in [0.2, 0.25) is 0 Å². The van der Waals surface area contributed by atoms with Gasteiger partial charge in [0.05, 0.1) is 0 Å². The molecule has 156 valence electrons. The predicted octanol–water partition coefficient (Wildman–Crippen LogP) is 1.65. The molecule has 2 aliphatic rings. The van der Waals surface area contributed by atoms with Crippen molar-refractivity contribution in [3.05, 3.63) is 35.4 Å². The minimum Gasteiger partial charge on any atom is -0.355 e. The molecule has 0 spiro atoms. The Morgan fingerprint density at radius 3 is 2.28 bits per heavy atom. The fourth-order valence-electron chi connectivity index (χ4n) is 3.68. The first-order chi connectivity index (χ1) is 13.8. The van der Waals surface area contributed by atoms with Crippen LogP contribution < -0.4 is 10.6 Å². The van der Waals surface area contributed by atoms with Gasteiger partial charge in [-0.2, -0.15) is 0 Å². The third-order valence-electron chi connectivity index (χ3n) is 5.85. The van der Waals surface area contributed by atoms with Crippen LogP contribution in [0.15, 0.2) is 24.3 Å². The molecule has 0 aromatic heterocycles. The van der Waals surface area contributed by atoms with Crippen molar-refractivity contribution in [2.24, 2.45) is 0 Å². The van der Waals surface area contributed by atoms with Crippen LogP contribution in [0.5, 0.6) is 0 Å². The van der Waals surface area contributed by atoms with Gasteiger partial charge in [-0.3, -0.25) is 19.3 Å². The molecule has 1 saturated carbocycles. The van der Waals surface area contributed by atoms with Gasteiger partial charge in [-0.15, -0.1) is 0 Å². The summed E-state index contributed by atoms with van der Waals surface area (Å²) in [5.41, 5.74) is 0.541. The molecular weight excluding hydrogens is 372 g/mol. The standard InChI is InChI=1S/C21H28N4O4/c1-4-21(5-2)19(28)25(20(29)23-21)13-17(26)24(16-10-11-16)12-14-6-8-15(9-7-14)18(27)22-3/h6-9,16H,4-5,10-13H2,1-3H3,(H,22,27)(H,23,29). The Hall–Kier alpha value is -2.90. The highest BCUT2D eigenvalue weighted by Gasteiger charge is 2.49. The Balaban J connectivity index is 1.70. The lowest BCUT2D eigenvalue weighted by molar-refractivity contribution is -0.139. The quantitative estimate of drug-likeness (QED) is 0.648. The van der Waals surface area contributed by atoms with E-state index in [0.29, 0.717) is 24.9 Å². The van der Waals surface area contributed by atoms with Crippen LogP contribution in [0.1, 0.15) is 55.5 Å². The van der Waals surface area contributed by atoms with Crippen molar-refractivity contribution in [1.82, 2.24) is 20.4 Å². The molecule has 3 rings (SSSR count). The molecule has 29 heavy (non-hydrogen) atoms. The predicted molar refractivity (Wildman–Crippen MR) is 107 cm³/mol. The molecule has 1 aliphatic carbocycles. The second-order valence-corrected chi connectivity index (χ2v) is 7.64. The monoisotopic (exact) mass is 400 g/mol. The zero-order chi connectivity index (χ0) is 21.2. The molecule has 2 fully saturated rings. The largest absolute Gasteiger partial charge is 0.355 e. The molecule has 0 unspecified atom stereocenters. The van der Waals surface area contributed by atoms with E-state index >= 15 is 0 Å². The molecule has 1 saturated heterocycles. The van der Waals surface area contributed by atoms with E-state index in [4.69, 9.17) is 0 Å². The van der Waals surface area contributed by atoms with Crippen LogP contribution >= 0.6 is 0 Å². The van der Waals surface area contributed by atoms with Gasteiger partial charge in [0.1, 0.15) is 12.1 Å². The number of carbonyl (C=O) groups excluding carboxylic acids is 4. The Morgan fingerprint density at radius 2 is 1.79 bits per heavy atom. The number of rotatable bonds is 8. The lowest BCUT2D eigenvalue weighted by atomic mass is 9.93. The summed E-state index contributed by atoms with van der Waals surface area (Å²) in [6.45, 7) is 3.84. The van der Waals surface area contributed by atoms with Gasteiger partial charge >= 0.3 is 6.03 Å². The number of hydrogen-bond donors (Lipinski definition) is 2. The van der Waals surface area contributed by atoms with Crippen LogP contribution in [0, 0.1) is 0 Å². The molecule has 1 aromatic carbocycles. The molecule has 1 aliphatic heterocycles. The van der Waals surface area contributed by atoms with Crippen molar-refractivity contribution >= 4 is 23.8 Å². The van der Waals surface area contributed by atoms with Gasteiger partial charge in [-0.05, 0) is 43.4 Å². The van der Waals surface area contributed by atoms with Crippen molar-refractivity contribution in [2.45, 2.75) is 57.7 Å². The van der Waals surface area contributed by atoms with E-state index in [1.807, 2.05) is 26.0 Å². The van der Waals surface area contributed by atoms with Crippen LogP contribution in [0.3, 0.4) is 0 Å². The van der Waals surface area contributed by atoms with E-state index in [2.05, 4.69) is 10.6 Å². The van der Waals surface area contributed by atoms with Crippen molar-refractivity contribution in [3.63, 3.8) is 0 Å². The van der Waals surface area contributed by atoms with Crippen molar-refractivity contribution in [2.75, 3.05) is 13.6 Å². The molecular formula is C21H28N4O4. The van der Waals surface area contributed by atoms with E-state index in [9.17, 15) is 19.2 Å². The van der Waals surface area contributed by atoms with Gasteiger partial charge in [0.15, 0.2) is 0 Å². The molecule has 2 N–H and O–H groups in total. The van der Waals surface area contributed by atoms with Gasteiger partial charge in [0.25, 0.3) is 11.8 Å². The van der Waals surface area contributed by atoms with Crippen molar-refractivity contribution in [1.29, 1.82) is 0 Å². The molecule has 8 heteroatoms. The third kappa shape index (κ3) is 4.11. The van der Waals surface area contributed by atoms with Crippen molar-refractivity contribution in [3.8, 4) is 0 Å². The van der Waals surface area contributed by atoms with E-state index < -0.39 is 11.6 Å². The van der Waals surface area contributed by atoms with E-state index in [-0.39, 0.29) is 30.3 Å². The highest BCUT2D eigenvalue weighted by molar-refractivity contribution is 6.09. The topological polar surface area (TPSA) is 98.8 Å². The number of nitrogens with one attached hydrogen (secondary N) is 2. The second kappa shape index (κ2) is 8.23. The molecule has 0 radical (unpaired) electrons. The van der Waals surface area contributed by atoms with Crippen LogP contribution in [0.4, 0.5) is 4.79 Å². The summed E-state index contributed by atoms with van der Waals surface area (Å²) in [6.07, 6.45) is 2.80. The summed E-state index contributed by atoms with van der Waals surface area (Å²) in [7, 11) is 1.57. The number of carbonyl (C=O) groups is 4. The zero-order valence-corrected chi connectivity index (χ0v) is 17.2. The van der Waals surface area contributed by atoms with E-state index in [0.717, 1.165) is 23.3 Å². The molecule has 0 atom stereocenters. The fraction of sp³-hybridized carbons (Fsp3) is 0.524. The average molecular weight is 400 g/mol. The lowest BCUT2D eigenvalue weighted by Gasteiger charge is -2.26. The zero-order valence-electron chi connectivity index (χ0n) is 17.2. The Labute approximate surface area is 170 Å². The minimum atomic E-state index is -0.905. The van der Waals surface area contributed by atoms with Gasteiger partial charge in [0.2, 0.25) is 5.91 Å². The maximum Gasteiger partial charge on any atom is 0.325 e. The van der Waals surface area contributed by atoms with Crippen molar-refractivity contribution < 1.29 is 19.2 Å². The molecule has 1 heterocycles. The summed E-state index contributed by atoms with van der Waals surface area (Å²) in [5, 5.41) is 5.33. The summed E-state index contributed by atoms with van der Waals surface area (Å²) in [4.78, 5) is 52.5. The van der Waals surface area contributed by atoms with Crippen LogP contribution in [-0.4, -0.2) is 58.7 Å². The Morgan fingerprint density at radius 1 is 1.17 bits per heavy atom. The maximum absolute atomic E-state index is 13.0. The minimum absolute atomic E-state index is 0.129. The van der Waals surface area contributed by atoms with Gasteiger partial charge in [0, 0.05) is 25.2 Å². The lowest BCUT2D eigenvalue weighted by Crippen LogP contribution is -2.47. The molecule has 5 amide bonds. The first-order valence-corrected chi connectivity index (χ1v) is 10.1. The van der Waals surface area contributed by atoms with Crippen LogP contribution in [-0.2, 0) is 16.1 Å². The van der Waals surface area contributed by atoms with E-state index in [1.54, 1.807) is 24.1 Å². The molecule has 0 bridgehead atoms. The number of urea groups is 1. The highest BCUT2D eigenvalue weighted by Crippen LogP contribution is 2.30. The van der Waals surface area contributed by atoms with Gasteiger partial charge in [-0.1, -0.05) is 26.0 Å². The Bertz CT molecular complexity index is 812. The smallest absolute Gasteiger partial charge is 0.325 e. The summed E-state index contributed by atoms with van der Waals surface area (Å²) in [6, 6.07) is 6.71. The number of hydrogen-bond acceptors (Lipinski definition) is 4. The Kier molecular flexibility index (Phi) is 5.91. The average Bonchev–Trinajstić information content (AvgIpc) is 3.55. The summed E-state index contributed by atoms with van der Waals surface area (Å²) in [5.74, 6) is -0.735. The second-order valence-electron chi connectivity index (χ2n) is 7.64. The maximum atomic E-state index is 13.0. The first-order valence-electron chi connectivity index (χ1n) is 10.1. The van der Waals surface area contributed by atoms with E-state index in [1.165, 1.54) is 0 Å². The summed E-state index contributed by atoms with van der Waals surface area (Å²) >= 11 is 0.